The van der Waals surface area contributed by atoms with E-state index in [4.69, 9.17) is 4.74 Å². The number of amides is 1. The second-order valence-corrected chi connectivity index (χ2v) is 10.4. The SMILES string of the molecule is COC(=O)c1cccc(C2C[C@H]3CC[C@@H](C2)N3CCN(CC2CCCCC2)C(=O)[C@@H](O)CO)c1. The molecule has 7 heteroatoms. The van der Waals surface area contributed by atoms with Crippen LogP contribution in [0.25, 0.3) is 0 Å². The van der Waals surface area contributed by atoms with Crippen molar-refractivity contribution < 1.29 is 24.5 Å². The van der Waals surface area contributed by atoms with Gasteiger partial charge in [-0.15, -0.1) is 0 Å². The molecule has 2 saturated heterocycles. The number of aliphatic hydroxyl groups is 2. The van der Waals surface area contributed by atoms with Crippen molar-refractivity contribution in [1.29, 1.82) is 0 Å². The lowest BCUT2D eigenvalue weighted by molar-refractivity contribution is -0.143. The monoisotopic (exact) mass is 472 g/mol. The molecule has 7 nitrogen and oxygen atoms in total. The van der Waals surface area contributed by atoms with E-state index in [0.29, 0.717) is 42.6 Å². The summed E-state index contributed by atoms with van der Waals surface area (Å²) in [5, 5.41) is 19.4. The highest BCUT2D eigenvalue weighted by molar-refractivity contribution is 5.89. The lowest BCUT2D eigenvalue weighted by Crippen LogP contribution is -2.50. The van der Waals surface area contributed by atoms with Gasteiger partial charge in [0.05, 0.1) is 19.3 Å². The molecule has 34 heavy (non-hydrogen) atoms. The van der Waals surface area contributed by atoms with E-state index in [1.165, 1.54) is 31.9 Å². The molecule has 4 atom stereocenters. The maximum atomic E-state index is 12.8. The van der Waals surface area contributed by atoms with Crippen molar-refractivity contribution >= 4 is 11.9 Å². The molecule has 1 saturated carbocycles. The summed E-state index contributed by atoms with van der Waals surface area (Å²) in [6.07, 6.45) is 9.07. The maximum absolute atomic E-state index is 12.8. The van der Waals surface area contributed by atoms with Crippen LogP contribution in [-0.2, 0) is 9.53 Å². The van der Waals surface area contributed by atoms with Gasteiger partial charge in [-0.25, -0.2) is 4.79 Å². The first-order valence-corrected chi connectivity index (χ1v) is 13.0. The van der Waals surface area contributed by atoms with Crippen molar-refractivity contribution in [2.45, 2.75) is 81.9 Å². The Morgan fingerprint density at radius 1 is 1.12 bits per heavy atom. The molecule has 2 bridgehead atoms. The van der Waals surface area contributed by atoms with Crippen LogP contribution in [0.3, 0.4) is 0 Å². The van der Waals surface area contributed by atoms with Gasteiger partial charge in [0.1, 0.15) is 0 Å². The molecule has 188 valence electrons. The Kier molecular flexibility index (Phi) is 8.61. The molecular formula is C27H40N2O5. The maximum Gasteiger partial charge on any atom is 0.337 e. The molecule has 1 aliphatic carbocycles. The highest BCUT2D eigenvalue weighted by atomic mass is 16.5. The molecule has 3 aliphatic rings. The first-order chi connectivity index (χ1) is 16.5. The topological polar surface area (TPSA) is 90.3 Å². The van der Waals surface area contributed by atoms with Crippen molar-refractivity contribution in [2.24, 2.45) is 5.92 Å². The standard InChI is InChI=1S/C27H40N2O5/c1-34-27(33)21-9-5-8-20(14-21)22-15-23-10-11-24(16-22)29(23)13-12-28(26(32)25(31)18-30)17-19-6-3-2-4-7-19/h5,8-9,14,19,22-25,30-31H,2-4,6-7,10-13,15-18H2,1H3/t22?,23-,24+,25-/m0/s1. The third-order valence-corrected chi connectivity index (χ3v) is 8.26. The minimum absolute atomic E-state index is 0.296. The van der Waals surface area contributed by atoms with Crippen molar-refractivity contribution in [2.75, 3.05) is 33.4 Å². The summed E-state index contributed by atoms with van der Waals surface area (Å²) in [5.41, 5.74) is 1.81. The second kappa shape index (κ2) is 11.6. The average molecular weight is 473 g/mol. The Labute approximate surface area is 203 Å². The van der Waals surface area contributed by atoms with Crippen molar-refractivity contribution in [3.05, 3.63) is 35.4 Å². The van der Waals surface area contributed by atoms with E-state index in [1.807, 2.05) is 17.0 Å². The molecular weight excluding hydrogens is 432 g/mol. The zero-order chi connectivity index (χ0) is 24.1. The smallest absolute Gasteiger partial charge is 0.337 e. The molecule has 0 radical (unpaired) electrons. The van der Waals surface area contributed by atoms with E-state index in [-0.39, 0.29) is 11.9 Å². The van der Waals surface area contributed by atoms with Gasteiger partial charge in [-0.05, 0) is 68.1 Å². The summed E-state index contributed by atoms with van der Waals surface area (Å²) >= 11 is 0. The number of hydrogen-bond donors (Lipinski definition) is 2. The van der Waals surface area contributed by atoms with E-state index < -0.39 is 12.7 Å². The Bertz CT molecular complexity index is 826. The van der Waals surface area contributed by atoms with Gasteiger partial charge in [0, 0.05) is 31.7 Å². The molecule has 2 aliphatic heterocycles. The van der Waals surface area contributed by atoms with Crippen LogP contribution in [0.5, 0.6) is 0 Å². The fourth-order valence-corrected chi connectivity index (χ4v) is 6.45. The Morgan fingerprint density at radius 2 is 1.82 bits per heavy atom. The summed E-state index contributed by atoms with van der Waals surface area (Å²) in [7, 11) is 1.41. The number of hydrogen-bond acceptors (Lipinski definition) is 6. The summed E-state index contributed by atoms with van der Waals surface area (Å²) < 4.78 is 4.89. The number of esters is 1. The molecule has 1 amide bonds. The molecule has 2 N–H and O–H groups in total. The van der Waals surface area contributed by atoms with Gasteiger partial charge in [-0.1, -0.05) is 31.4 Å². The van der Waals surface area contributed by atoms with Crippen molar-refractivity contribution in [3.63, 3.8) is 0 Å². The van der Waals surface area contributed by atoms with Crippen LogP contribution < -0.4 is 0 Å². The molecule has 4 rings (SSSR count). The first-order valence-electron chi connectivity index (χ1n) is 13.0. The minimum atomic E-state index is -1.33. The largest absolute Gasteiger partial charge is 0.465 e. The highest BCUT2D eigenvalue weighted by Crippen LogP contribution is 2.43. The van der Waals surface area contributed by atoms with Gasteiger partial charge in [-0.2, -0.15) is 0 Å². The van der Waals surface area contributed by atoms with Gasteiger partial charge < -0.3 is 19.8 Å². The van der Waals surface area contributed by atoms with E-state index in [0.717, 1.165) is 45.1 Å². The normalized spacial score (nSPS) is 26.3. The summed E-state index contributed by atoms with van der Waals surface area (Å²) in [6.45, 7) is 1.56. The van der Waals surface area contributed by atoms with E-state index in [1.54, 1.807) is 6.07 Å². The second-order valence-electron chi connectivity index (χ2n) is 10.4. The van der Waals surface area contributed by atoms with Crippen LogP contribution in [0.1, 0.15) is 79.6 Å². The van der Waals surface area contributed by atoms with Crippen LogP contribution in [0.15, 0.2) is 24.3 Å². The predicted octanol–water partition coefficient (Wildman–Crippen LogP) is 2.95. The molecule has 0 aromatic heterocycles. The van der Waals surface area contributed by atoms with Gasteiger partial charge in [0.2, 0.25) is 0 Å². The molecule has 0 spiro atoms. The van der Waals surface area contributed by atoms with Gasteiger partial charge in [0.15, 0.2) is 6.10 Å². The summed E-state index contributed by atoms with van der Waals surface area (Å²) in [5.74, 6) is 0.285. The number of fused-ring (bicyclic) bond motifs is 2. The zero-order valence-electron chi connectivity index (χ0n) is 20.4. The quantitative estimate of drug-likeness (QED) is 0.537. The lowest BCUT2D eigenvalue weighted by atomic mass is 9.84. The number of carbonyl (C=O) groups is 2. The number of carbonyl (C=O) groups excluding carboxylic acids is 2. The van der Waals surface area contributed by atoms with Crippen molar-refractivity contribution in [3.8, 4) is 0 Å². The Morgan fingerprint density at radius 3 is 2.47 bits per heavy atom. The van der Waals surface area contributed by atoms with Crippen LogP contribution in [0.4, 0.5) is 0 Å². The first kappa shape index (κ1) is 25.1. The van der Waals surface area contributed by atoms with Gasteiger partial charge in [-0.3, -0.25) is 9.69 Å². The predicted molar refractivity (Wildman–Crippen MR) is 130 cm³/mol. The van der Waals surface area contributed by atoms with E-state index in [2.05, 4.69) is 11.0 Å². The number of methoxy groups -OCH3 is 1. The number of piperidine rings is 1. The zero-order valence-corrected chi connectivity index (χ0v) is 20.4. The number of benzene rings is 1. The van der Waals surface area contributed by atoms with Gasteiger partial charge in [0.25, 0.3) is 5.91 Å². The Hall–Kier alpha value is -1.96. The molecule has 1 aromatic carbocycles. The van der Waals surface area contributed by atoms with Crippen LogP contribution in [0.2, 0.25) is 0 Å². The van der Waals surface area contributed by atoms with E-state index >= 15 is 0 Å². The third-order valence-electron chi connectivity index (χ3n) is 8.26. The third kappa shape index (κ3) is 5.81. The fourth-order valence-electron chi connectivity index (χ4n) is 6.45. The lowest BCUT2D eigenvalue weighted by Gasteiger charge is -2.40. The molecule has 2 heterocycles. The number of aliphatic hydroxyl groups excluding tert-OH is 2. The highest BCUT2D eigenvalue weighted by Gasteiger charge is 2.41. The summed E-state index contributed by atoms with van der Waals surface area (Å²) in [4.78, 5) is 29.1. The fraction of sp³-hybridized carbons (Fsp3) is 0.704. The Balaban J connectivity index is 1.38. The van der Waals surface area contributed by atoms with Gasteiger partial charge >= 0.3 is 5.97 Å². The van der Waals surface area contributed by atoms with E-state index in [9.17, 15) is 19.8 Å². The number of nitrogens with zero attached hydrogens (tertiary/aromatic N) is 2. The van der Waals surface area contributed by atoms with Crippen LogP contribution in [-0.4, -0.2) is 83.4 Å². The molecule has 1 aromatic rings. The molecule has 3 fully saturated rings. The molecule has 1 unspecified atom stereocenters. The van der Waals surface area contributed by atoms with Crippen LogP contribution >= 0.6 is 0 Å². The minimum Gasteiger partial charge on any atom is -0.465 e. The number of ether oxygens (including phenoxy) is 1. The number of rotatable bonds is 9. The summed E-state index contributed by atoms with van der Waals surface area (Å²) in [6, 6.07) is 8.79. The van der Waals surface area contributed by atoms with Crippen LogP contribution in [0, 0.1) is 5.92 Å². The van der Waals surface area contributed by atoms with Crippen molar-refractivity contribution in [1.82, 2.24) is 9.80 Å². The average Bonchev–Trinajstić information content (AvgIpc) is 3.11.